The molecule has 126 valence electrons. The summed E-state index contributed by atoms with van der Waals surface area (Å²) in [5.74, 6) is 0. The summed E-state index contributed by atoms with van der Waals surface area (Å²) in [4.78, 5) is 11.4. The number of hydrogen-bond donors (Lipinski definition) is 3. The summed E-state index contributed by atoms with van der Waals surface area (Å²) in [7, 11) is -1.54. The highest BCUT2D eigenvalue weighted by Gasteiger charge is 2.07. The van der Waals surface area contributed by atoms with Gasteiger partial charge in [-0.25, -0.2) is 9.35 Å². The first-order valence-corrected chi connectivity index (χ1v) is 8.89. The summed E-state index contributed by atoms with van der Waals surface area (Å²) in [5.41, 5.74) is 3.30. The van der Waals surface area contributed by atoms with E-state index in [1.807, 2.05) is 42.5 Å². The highest BCUT2D eigenvalue weighted by atomic mass is 32.2. The molecule has 1 amide bonds. The fourth-order valence-electron chi connectivity index (χ4n) is 2.32. The maximum absolute atomic E-state index is 11.6. The van der Waals surface area contributed by atoms with Crippen molar-refractivity contribution in [3.63, 3.8) is 0 Å². The van der Waals surface area contributed by atoms with E-state index in [1.165, 1.54) is 0 Å². The van der Waals surface area contributed by atoms with Crippen LogP contribution in [0.4, 0.5) is 11.4 Å². The minimum absolute atomic E-state index is 0.582. The van der Waals surface area contributed by atoms with E-state index in [9.17, 15) is 9.00 Å². The number of para-hydroxylation sites is 1. The van der Waals surface area contributed by atoms with Gasteiger partial charge >= 0.3 is 0 Å². The van der Waals surface area contributed by atoms with Crippen molar-refractivity contribution in [2.75, 3.05) is 17.2 Å². The molecule has 0 aromatic heterocycles. The van der Waals surface area contributed by atoms with Gasteiger partial charge in [0.2, 0.25) is 6.41 Å². The molecule has 5 nitrogen and oxygen atoms in total. The van der Waals surface area contributed by atoms with Crippen LogP contribution >= 0.6 is 0 Å². The summed E-state index contributed by atoms with van der Waals surface area (Å²) < 4.78 is 11.6. The van der Waals surface area contributed by atoms with E-state index in [2.05, 4.69) is 17.6 Å². The Bertz CT molecular complexity index is 760. The average molecular weight is 343 g/mol. The van der Waals surface area contributed by atoms with Crippen LogP contribution in [0.5, 0.6) is 0 Å². The molecule has 4 N–H and O–H groups in total. The highest BCUT2D eigenvalue weighted by molar-refractivity contribution is 7.82. The van der Waals surface area contributed by atoms with E-state index in [4.69, 9.17) is 5.14 Å². The minimum atomic E-state index is -1.54. The Morgan fingerprint density at radius 2 is 1.79 bits per heavy atom. The number of benzene rings is 2. The molecule has 24 heavy (non-hydrogen) atoms. The molecule has 0 spiro atoms. The lowest BCUT2D eigenvalue weighted by Crippen LogP contribution is -2.06. The largest absolute Gasteiger partial charge is 0.383 e. The van der Waals surface area contributed by atoms with Gasteiger partial charge in [0.1, 0.15) is 11.0 Å². The van der Waals surface area contributed by atoms with Gasteiger partial charge in [-0.05, 0) is 29.7 Å². The van der Waals surface area contributed by atoms with E-state index in [0.717, 1.165) is 35.5 Å². The zero-order valence-corrected chi connectivity index (χ0v) is 14.3. The molecular formula is C18H21N3O2S. The lowest BCUT2D eigenvalue weighted by atomic mass is 10.1. The lowest BCUT2D eigenvalue weighted by Gasteiger charge is -2.14. The smallest absolute Gasteiger partial charge is 0.211 e. The average Bonchev–Trinajstić information content (AvgIpc) is 2.59. The number of anilines is 2. The molecule has 0 heterocycles. The van der Waals surface area contributed by atoms with Crippen molar-refractivity contribution in [3.8, 4) is 0 Å². The summed E-state index contributed by atoms with van der Waals surface area (Å²) >= 11 is 0. The SMILES string of the molecule is CCCNc1c(/C=C/c2ccccc2S(N)=O)cccc1NC=O. The van der Waals surface area contributed by atoms with Gasteiger partial charge in [0.05, 0.1) is 16.3 Å². The molecule has 0 saturated heterocycles. The van der Waals surface area contributed by atoms with E-state index in [-0.39, 0.29) is 0 Å². The lowest BCUT2D eigenvalue weighted by molar-refractivity contribution is -0.105. The number of carbonyl (C=O) groups excluding carboxylic acids is 1. The molecule has 2 aromatic rings. The zero-order chi connectivity index (χ0) is 17.4. The minimum Gasteiger partial charge on any atom is -0.383 e. The van der Waals surface area contributed by atoms with Crippen molar-refractivity contribution < 1.29 is 9.00 Å². The second kappa shape index (κ2) is 9.00. The predicted molar refractivity (Wildman–Crippen MR) is 101 cm³/mol. The van der Waals surface area contributed by atoms with Crippen LogP contribution in [0.25, 0.3) is 12.2 Å². The second-order valence-corrected chi connectivity index (χ2v) is 6.16. The van der Waals surface area contributed by atoms with Gasteiger partial charge in [0.15, 0.2) is 0 Å². The molecule has 2 aromatic carbocycles. The molecule has 0 bridgehead atoms. The van der Waals surface area contributed by atoms with Crippen LogP contribution in [0.15, 0.2) is 47.4 Å². The van der Waals surface area contributed by atoms with Crippen LogP contribution in [-0.4, -0.2) is 17.2 Å². The Morgan fingerprint density at radius 3 is 2.50 bits per heavy atom. The molecular weight excluding hydrogens is 322 g/mol. The fraction of sp³-hybridized carbons (Fsp3) is 0.167. The van der Waals surface area contributed by atoms with Crippen molar-refractivity contribution in [2.24, 2.45) is 5.14 Å². The molecule has 0 fully saturated rings. The third-order valence-corrected chi connectivity index (χ3v) is 4.25. The van der Waals surface area contributed by atoms with Crippen molar-refractivity contribution in [1.29, 1.82) is 0 Å². The summed E-state index contributed by atoms with van der Waals surface area (Å²) in [6, 6.07) is 12.9. The van der Waals surface area contributed by atoms with Crippen molar-refractivity contribution in [3.05, 3.63) is 53.6 Å². The van der Waals surface area contributed by atoms with Crippen LogP contribution in [-0.2, 0) is 15.8 Å². The first kappa shape index (κ1) is 17.9. The normalized spacial score (nSPS) is 12.1. The first-order chi connectivity index (χ1) is 11.7. The number of hydrogen-bond acceptors (Lipinski definition) is 3. The van der Waals surface area contributed by atoms with Crippen LogP contribution in [0.1, 0.15) is 24.5 Å². The van der Waals surface area contributed by atoms with Gasteiger partial charge in [-0.2, -0.15) is 0 Å². The number of rotatable bonds is 8. The van der Waals surface area contributed by atoms with Crippen LogP contribution in [0.2, 0.25) is 0 Å². The molecule has 0 aliphatic heterocycles. The summed E-state index contributed by atoms with van der Waals surface area (Å²) in [6.45, 7) is 2.87. The van der Waals surface area contributed by atoms with Crippen molar-refractivity contribution >= 4 is 40.9 Å². The van der Waals surface area contributed by atoms with Crippen LogP contribution < -0.4 is 15.8 Å². The Balaban J connectivity index is 2.40. The van der Waals surface area contributed by atoms with E-state index < -0.39 is 11.0 Å². The standard InChI is InChI=1S/C18H21N3O2S/c1-2-12-20-18-15(7-5-8-16(18)21-13-22)11-10-14-6-3-4-9-17(14)24(19)23/h3-11,13,20H,2,12,19H2,1H3,(H,21,22)/b11-10+. The quantitative estimate of drug-likeness (QED) is 0.508. The Labute approximate surface area is 144 Å². The number of nitrogens with two attached hydrogens (primary N) is 1. The molecule has 0 radical (unpaired) electrons. The number of amides is 1. The predicted octanol–water partition coefficient (Wildman–Crippen LogP) is 3.23. The van der Waals surface area contributed by atoms with E-state index >= 15 is 0 Å². The van der Waals surface area contributed by atoms with Gasteiger partial charge in [-0.1, -0.05) is 49.4 Å². The molecule has 0 saturated carbocycles. The Kier molecular flexibility index (Phi) is 6.72. The van der Waals surface area contributed by atoms with E-state index in [1.54, 1.807) is 12.1 Å². The first-order valence-electron chi connectivity index (χ1n) is 7.67. The summed E-state index contributed by atoms with van der Waals surface area (Å²) in [6.07, 6.45) is 5.41. The monoisotopic (exact) mass is 343 g/mol. The van der Waals surface area contributed by atoms with Crippen molar-refractivity contribution in [1.82, 2.24) is 0 Å². The van der Waals surface area contributed by atoms with Crippen molar-refractivity contribution in [2.45, 2.75) is 18.2 Å². The van der Waals surface area contributed by atoms with Gasteiger partial charge in [-0.3, -0.25) is 4.79 Å². The highest BCUT2D eigenvalue weighted by Crippen LogP contribution is 2.28. The number of nitrogens with one attached hydrogen (secondary N) is 2. The van der Waals surface area contributed by atoms with Gasteiger partial charge in [0, 0.05) is 6.54 Å². The second-order valence-electron chi connectivity index (χ2n) is 5.13. The topological polar surface area (TPSA) is 84.2 Å². The molecule has 0 aliphatic rings. The molecule has 2 rings (SSSR count). The fourth-order valence-corrected chi connectivity index (χ4v) is 2.90. The molecule has 1 atom stereocenters. The van der Waals surface area contributed by atoms with Gasteiger partial charge < -0.3 is 10.6 Å². The molecule has 1 unspecified atom stereocenters. The Morgan fingerprint density at radius 1 is 1.08 bits per heavy atom. The van der Waals surface area contributed by atoms with Crippen LogP contribution in [0.3, 0.4) is 0 Å². The third kappa shape index (κ3) is 4.53. The number of carbonyl (C=O) groups is 1. The molecule has 0 aliphatic carbocycles. The summed E-state index contributed by atoms with van der Waals surface area (Å²) in [5, 5.41) is 11.6. The van der Waals surface area contributed by atoms with Gasteiger partial charge in [-0.15, -0.1) is 0 Å². The zero-order valence-electron chi connectivity index (χ0n) is 13.5. The van der Waals surface area contributed by atoms with Gasteiger partial charge in [0.25, 0.3) is 0 Å². The maximum atomic E-state index is 11.6. The van der Waals surface area contributed by atoms with E-state index in [0.29, 0.717) is 11.3 Å². The third-order valence-electron chi connectivity index (χ3n) is 3.44. The Hall–Kier alpha value is -2.44. The maximum Gasteiger partial charge on any atom is 0.211 e. The van der Waals surface area contributed by atoms with Crippen LogP contribution in [0, 0.1) is 0 Å². The molecule has 6 heteroatoms.